The molecule has 2 aromatic carbocycles. The summed E-state index contributed by atoms with van der Waals surface area (Å²) in [7, 11) is 0. The molecule has 0 spiro atoms. The molecule has 0 aliphatic rings. The van der Waals surface area contributed by atoms with Crippen molar-refractivity contribution in [1.82, 2.24) is 0 Å². The zero-order chi connectivity index (χ0) is 11.4. The van der Waals surface area contributed by atoms with Crippen LogP contribution in [-0.4, -0.2) is 0 Å². The van der Waals surface area contributed by atoms with E-state index in [1.807, 2.05) is 0 Å². The minimum atomic E-state index is 1.24. The Hall–Kier alpha value is -1.82. The van der Waals surface area contributed by atoms with E-state index in [2.05, 4.69) is 74.5 Å². The first-order chi connectivity index (χ1) is 7.74. The van der Waals surface area contributed by atoms with Crippen LogP contribution in [0.1, 0.15) is 22.3 Å². The maximum absolute atomic E-state index is 2.19. The molecule has 80 valence electrons. The van der Waals surface area contributed by atoms with Gasteiger partial charge in [0.2, 0.25) is 0 Å². The van der Waals surface area contributed by atoms with E-state index in [0.717, 1.165) is 0 Å². The van der Waals surface area contributed by atoms with Gasteiger partial charge in [-0.15, -0.1) is 0 Å². The number of hydrogen-bond donors (Lipinski definition) is 0. The van der Waals surface area contributed by atoms with Gasteiger partial charge in [-0.05, 0) is 25.0 Å². The van der Waals surface area contributed by atoms with Crippen molar-refractivity contribution in [3.8, 4) is 0 Å². The third-order valence-corrected chi connectivity index (χ3v) is 2.59. The molecule has 2 rings (SSSR count). The Bertz CT molecular complexity index is 490. The molecule has 0 saturated heterocycles. The third-order valence-electron chi connectivity index (χ3n) is 2.59. The zero-order valence-corrected chi connectivity index (χ0v) is 9.77. The molecule has 0 unspecified atom stereocenters. The molecule has 0 bridgehead atoms. The molecule has 0 atom stereocenters. The van der Waals surface area contributed by atoms with Crippen LogP contribution in [0.2, 0.25) is 0 Å². The van der Waals surface area contributed by atoms with Gasteiger partial charge in [-0.1, -0.05) is 71.8 Å². The largest absolute Gasteiger partial charge is 0.0614 e. The molecule has 16 heavy (non-hydrogen) atoms. The van der Waals surface area contributed by atoms with Crippen LogP contribution in [-0.2, 0) is 0 Å². The predicted molar refractivity (Wildman–Crippen MR) is 71.3 cm³/mol. The van der Waals surface area contributed by atoms with Crippen LogP contribution in [0.3, 0.4) is 0 Å². The van der Waals surface area contributed by atoms with Crippen molar-refractivity contribution >= 4 is 12.2 Å². The highest BCUT2D eigenvalue weighted by Gasteiger charge is 1.89. The predicted octanol–water partition coefficient (Wildman–Crippen LogP) is 4.47. The van der Waals surface area contributed by atoms with Crippen LogP contribution < -0.4 is 0 Å². The maximum atomic E-state index is 2.19. The van der Waals surface area contributed by atoms with E-state index in [1.165, 1.54) is 22.3 Å². The second-order valence-electron chi connectivity index (χ2n) is 4.16. The highest BCUT2D eigenvalue weighted by Crippen LogP contribution is 2.10. The van der Waals surface area contributed by atoms with Gasteiger partial charge in [0.25, 0.3) is 0 Å². The topological polar surface area (TPSA) is 0 Å². The van der Waals surface area contributed by atoms with Crippen LogP contribution in [0.5, 0.6) is 0 Å². The van der Waals surface area contributed by atoms with E-state index in [4.69, 9.17) is 0 Å². The fourth-order valence-electron chi connectivity index (χ4n) is 1.64. The quantitative estimate of drug-likeness (QED) is 0.638. The first kappa shape index (κ1) is 10.7. The van der Waals surface area contributed by atoms with Crippen LogP contribution in [0, 0.1) is 13.8 Å². The van der Waals surface area contributed by atoms with Gasteiger partial charge in [-0.3, -0.25) is 0 Å². The molecule has 0 radical (unpaired) electrons. The summed E-state index contributed by atoms with van der Waals surface area (Å²) >= 11 is 0. The summed E-state index contributed by atoms with van der Waals surface area (Å²) in [5, 5.41) is 0. The van der Waals surface area contributed by atoms with E-state index in [-0.39, 0.29) is 0 Å². The van der Waals surface area contributed by atoms with Crippen LogP contribution in [0.4, 0.5) is 0 Å². The molecular weight excluding hydrogens is 192 g/mol. The lowest BCUT2D eigenvalue weighted by Crippen LogP contribution is -1.76. The Morgan fingerprint density at radius 3 is 2.06 bits per heavy atom. The second-order valence-corrected chi connectivity index (χ2v) is 4.16. The standard InChI is InChI=1S/C16H16/c1-13-6-8-15(9-7-13)10-11-16-5-3-4-14(2)12-16/h3-12H,1-2H3/b11-10-. The molecule has 0 aliphatic carbocycles. The number of hydrogen-bond acceptors (Lipinski definition) is 0. The van der Waals surface area contributed by atoms with Crippen molar-refractivity contribution in [3.05, 3.63) is 70.8 Å². The van der Waals surface area contributed by atoms with Crippen molar-refractivity contribution in [2.45, 2.75) is 13.8 Å². The molecule has 0 nitrogen and oxygen atoms in total. The van der Waals surface area contributed by atoms with Crippen LogP contribution in [0.15, 0.2) is 48.5 Å². The Kier molecular flexibility index (Phi) is 3.21. The van der Waals surface area contributed by atoms with Gasteiger partial charge in [0, 0.05) is 0 Å². The molecule has 0 aromatic heterocycles. The summed E-state index contributed by atoms with van der Waals surface area (Å²) in [6, 6.07) is 17.1. The first-order valence-electron chi connectivity index (χ1n) is 5.55. The summed E-state index contributed by atoms with van der Waals surface area (Å²) in [4.78, 5) is 0. The lowest BCUT2D eigenvalue weighted by molar-refractivity contribution is 1.46. The first-order valence-corrected chi connectivity index (χ1v) is 5.55. The molecular formula is C16H16. The molecule has 0 heterocycles. The highest BCUT2D eigenvalue weighted by molar-refractivity contribution is 5.69. The Labute approximate surface area is 97.3 Å². The average molecular weight is 208 g/mol. The van der Waals surface area contributed by atoms with Gasteiger partial charge in [0.05, 0.1) is 0 Å². The molecule has 2 aromatic rings. The Morgan fingerprint density at radius 2 is 1.38 bits per heavy atom. The molecule has 0 saturated carbocycles. The van der Waals surface area contributed by atoms with Crippen molar-refractivity contribution in [1.29, 1.82) is 0 Å². The van der Waals surface area contributed by atoms with Crippen molar-refractivity contribution < 1.29 is 0 Å². The van der Waals surface area contributed by atoms with Crippen molar-refractivity contribution in [2.75, 3.05) is 0 Å². The summed E-state index contributed by atoms with van der Waals surface area (Å²) in [6.07, 6.45) is 4.30. The van der Waals surface area contributed by atoms with Crippen LogP contribution in [0.25, 0.3) is 12.2 Å². The maximum Gasteiger partial charge on any atom is -0.0254 e. The molecule has 0 N–H and O–H groups in total. The summed E-state index contributed by atoms with van der Waals surface area (Å²) < 4.78 is 0. The summed E-state index contributed by atoms with van der Waals surface area (Å²) in [6.45, 7) is 4.22. The van der Waals surface area contributed by atoms with E-state index in [9.17, 15) is 0 Å². The third kappa shape index (κ3) is 2.83. The lowest BCUT2D eigenvalue weighted by Gasteiger charge is -1.97. The number of benzene rings is 2. The van der Waals surface area contributed by atoms with Gasteiger partial charge in [-0.25, -0.2) is 0 Å². The van der Waals surface area contributed by atoms with E-state index >= 15 is 0 Å². The SMILES string of the molecule is Cc1ccc(/C=C\c2cccc(C)c2)cc1. The Morgan fingerprint density at radius 1 is 0.688 bits per heavy atom. The minimum Gasteiger partial charge on any atom is -0.0614 e. The average Bonchev–Trinajstić information content (AvgIpc) is 2.28. The fraction of sp³-hybridized carbons (Fsp3) is 0.125. The van der Waals surface area contributed by atoms with E-state index in [1.54, 1.807) is 0 Å². The number of aryl methyl sites for hydroxylation is 2. The highest BCUT2D eigenvalue weighted by atomic mass is 13.9. The summed E-state index contributed by atoms with van der Waals surface area (Å²) in [5.41, 5.74) is 5.09. The Balaban J connectivity index is 2.18. The molecule has 0 heteroatoms. The van der Waals surface area contributed by atoms with Gasteiger partial charge in [0.1, 0.15) is 0 Å². The molecule has 0 aliphatic heterocycles. The second kappa shape index (κ2) is 4.80. The van der Waals surface area contributed by atoms with Crippen molar-refractivity contribution in [2.24, 2.45) is 0 Å². The number of rotatable bonds is 2. The lowest BCUT2D eigenvalue weighted by atomic mass is 10.1. The molecule has 0 amide bonds. The van der Waals surface area contributed by atoms with E-state index < -0.39 is 0 Å². The van der Waals surface area contributed by atoms with Gasteiger partial charge in [0.15, 0.2) is 0 Å². The van der Waals surface area contributed by atoms with Crippen LogP contribution >= 0.6 is 0 Å². The summed E-state index contributed by atoms with van der Waals surface area (Å²) in [5.74, 6) is 0. The van der Waals surface area contributed by atoms with Crippen molar-refractivity contribution in [3.63, 3.8) is 0 Å². The fourth-order valence-corrected chi connectivity index (χ4v) is 1.64. The molecule has 0 fully saturated rings. The van der Waals surface area contributed by atoms with Gasteiger partial charge >= 0.3 is 0 Å². The van der Waals surface area contributed by atoms with Gasteiger partial charge in [-0.2, -0.15) is 0 Å². The normalized spacial score (nSPS) is 10.9. The minimum absolute atomic E-state index is 1.24. The van der Waals surface area contributed by atoms with Gasteiger partial charge < -0.3 is 0 Å². The zero-order valence-electron chi connectivity index (χ0n) is 9.77. The smallest absolute Gasteiger partial charge is 0.0254 e. The van der Waals surface area contributed by atoms with E-state index in [0.29, 0.717) is 0 Å². The monoisotopic (exact) mass is 208 g/mol.